The van der Waals surface area contributed by atoms with Crippen LogP contribution in [0.25, 0.3) is 0 Å². The third-order valence-corrected chi connectivity index (χ3v) is 7.05. The lowest BCUT2D eigenvalue weighted by molar-refractivity contribution is -0.161. The molecule has 0 unspecified atom stereocenters. The van der Waals surface area contributed by atoms with Gasteiger partial charge in [-0.15, -0.1) is 11.3 Å². The lowest BCUT2D eigenvalue weighted by Gasteiger charge is -2.42. The molecule has 0 radical (unpaired) electrons. The maximum absolute atomic E-state index is 13.3. The van der Waals surface area contributed by atoms with Crippen LogP contribution in [-0.4, -0.2) is 78.1 Å². The predicted octanol–water partition coefficient (Wildman–Crippen LogP) is 1.95. The van der Waals surface area contributed by atoms with E-state index in [2.05, 4.69) is 11.9 Å². The number of ether oxygens (including phenoxy) is 1. The largest absolute Gasteiger partial charge is 0.353 e. The molecule has 2 amide bonds. The fourth-order valence-electron chi connectivity index (χ4n) is 4.62. The third-order valence-electron chi connectivity index (χ3n) is 6.17. The van der Waals surface area contributed by atoms with E-state index < -0.39 is 11.8 Å². The molecule has 0 N–H and O–H groups in total. The molecule has 148 valence electrons. The van der Waals surface area contributed by atoms with Crippen LogP contribution in [0.15, 0.2) is 17.5 Å². The van der Waals surface area contributed by atoms with Crippen LogP contribution >= 0.6 is 11.3 Å². The van der Waals surface area contributed by atoms with Crippen LogP contribution in [0.3, 0.4) is 0 Å². The first kappa shape index (κ1) is 18.9. The fourth-order valence-corrected chi connectivity index (χ4v) is 5.32. The van der Waals surface area contributed by atoms with Crippen molar-refractivity contribution in [3.63, 3.8) is 0 Å². The number of hydrogen-bond acceptors (Lipinski definition) is 5. The van der Waals surface area contributed by atoms with E-state index in [1.54, 1.807) is 11.3 Å². The number of carbonyl (C=O) groups is 2. The molecule has 1 aromatic heterocycles. The molecule has 27 heavy (non-hydrogen) atoms. The van der Waals surface area contributed by atoms with Gasteiger partial charge < -0.3 is 14.5 Å². The number of likely N-dealkylation sites (N-methyl/N-ethyl adjacent to an activating group) is 1. The number of nitrogens with zero attached hydrogens (tertiary/aromatic N) is 3. The van der Waals surface area contributed by atoms with Crippen LogP contribution < -0.4 is 0 Å². The van der Waals surface area contributed by atoms with Crippen molar-refractivity contribution in [1.82, 2.24) is 14.7 Å². The Morgan fingerprint density at radius 1 is 1.19 bits per heavy atom. The molecule has 1 saturated carbocycles. The van der Waals surface area contributed by atoms with Crippen molar-refractivity contribution >= 4 is 23.2 Å². The van der Waals surface area contributed by atoms with Crippen LogP contribution in [-0.2, 0) is 20.7 Å². The number of piperazine rings is 1. The average molecular weight is 392 g/mol. The molecule has 0 bridgehead atoms. The van der Waals surface area contributed by atoms with Crippen molar-refractivity contribution < 1.29 is 14.3 Å². The molecule has 0 aromatic carbocycles. The van der Waals surface area contributed by atoms with Gasteiger partial charge in [-0.1, -0.05) is 12.5 Å². The smallest absolute Gasteiger partial charge is 0.247 e. The second-order valence-corrected chi connectivity index (χ2v) is 9.01. The van der Waals surface area contributed by atoms with Crippen molar-refractivity contribution in [3.8, 4) is 0 Å². The molecule has 3 aliphatic rings. The van der Waals surface area contributed by atoms with E-state index in [1.807, 2.05) is 27.3 Å². The van der Waals surface area contributed by atoms with E-state index in [-0.39, 0.29) is 11.8 Å². The van der Waals surface area contributed by atoms with E-state index in [9.17, 15) is 9.59 Å². The normalized spacial score (nSPS) is 25.9. The Bertz CT molecular complexity index is 664. The number of amides is 2. The molecule has 3 fully saturated rings. The van der Waals surface area contributed by atoms with Crippen LogP contribution in [0.4, 0.5) is 0 Å². The molecule has 3 heterocycles. The first-order valence-electron chi connectivity index (χ1n) is 10.0. The summed E-state index contributed by atoms with van der Waals surface area (Å²) >= 11 is 1.59. The van der Waals surface area contributed by atoms with Crippen LogP contribution in [0.5, 0.6) is 0 Å². The van der Waals surface area contributed by atoms with Crippen LogP contribution in [0, 0.1) is 0 Å². The van der Waals surface area contributed by atoms with Crippen molar-refractivity contribution in [2.24, 2.45) is 0 Å². The topological polar surface area (TPSA) is 53.1 Å². The molecule has 4 rings (SSSR count). The molecule has 7 heteroatoms. The highest BCUT2D eigenvalue weighted by Gasteiger charge is 2.53. The Kier molecular flexibility index (Phi) is 5.53. The fraction of sp³-hybridized carbons (Fsp3) is 0.700. The minimum Gasteiger partial charge on any atom is -0.353 e. The number of rotatable bonds is 3. The zero-order valence-corrected chi connectivity index (χ0v) is 16.9. The lowest BCUT2D eigenvalue weighted by atomic mass is 9.90. The van der Waals surface area contributed by atoms with Crippen LogP contribution in [0.1, 0.15) is 37.0 Å². The summed E-state index contributed by atoms with van der Waals surface area (Å²) < 4.78 is 6.23. The Labute approximate surface area is 165 Å². The Morgan fingerprint density at radius 3 is 2.59 bits per heavy atom. The zero-order chi connectivity index (χ0) is 18.9. The molecule has 2 saturated heterocycles. The summed E-state index contributed by atoms with van der Waals surface area (Å²) in [5.74, 6) is 0.0920. The highest BCUT2D eigenvalue weighted by Crippen LogP contribution is 2.41. The molecule has 6 nitrogen and oxygen atoms in total. The molecule has 1 aromatic rings. The molecule has 1 aliphatic carbocycles. The number of thiophene rings is 1. The monoisotopic (exact) mass is 391 g/mol. The van der Waals surface area contributed by atoms with E-state index >= 15 is 0 Å². The summed E-state index contributed by atoms with van der Waals surface area (Å²) in [5.41, 5.74) is -0.570. The van der Waals surface area contributed by atoms with Crippen molar-refractivity contribution in [2.45, 2.75) is 50.3 Å². The maximum Gasteiger partial charge on any atom is 0.247 e. The summed E-state index contributed by atoms with van der Waals surface area (Å²) in [6, 6.07) is 3.49. The van der Waals surface area contributed by atoms with Gasteiger partial charge in [-0.05, 0) is 44.2 Å². The highest BCUT2D eigenvalue weighted by atomic mass is 32.1. The Hall–Kier alpha value is -1.44. The standard InChI is InChI=1S/C20H29N3O3S/c1-21-9-11-22(12-10-21)19(25)17-15-26-20(7-3-2-4-8-20)23(17)18(24)14-16-6-5-13-27-16/h5-6,13,17H,2-4,7-12,14-15H2,1H3/t17-/m0/s1. The van der Waals surface area contributed by atoms with Gasteiger partial charge in [0.2, 0.25) is 11.8 Å². The van der Waals surface area contributed by atoms with E-state index in [0.717, 1.165) is 56.7 Å². The Morgan fingerprint density at radius 2 is 1.93 bits per heavy atom. The van der Waals surface area contributed by atoms with Gasteiger partial charge in [0.1, 0.15) is 11.8 Å². The number of hydrogen-bond donors (Lipinski definition) is 0. The van der Waals surface area contributed by atoms with Crippen molar-refractivity contribution in [1.29, 1.82) is 0 Å². The molecular formula is C20H29N3O3S. The van der Waals surface area contributed by atoms with Gasteiger partial charge in [0.15, 0.2) is 0 Å². The first-order chi connectivity index (χ1) is 13.1. The van der Waals surface area contributed by atoms with Crippen LogP contribution in [0.2, 0.25) is 0 Å². The molecule has 2 aliphatic heterocycles. The zero-order valence-electron chi connectivity index (χ0n) is 16.1. The summed E-state index contributed by atoms with van der Waals surface area (Å²) in [7, 11) is 2.08. The van der Waals surface area contributed by atoms with Gasteiger partial charge in [0, 0.05) is 31.1 Å². The summed E-state index contributed by atoms with van der Waals surface area (Å²) in [5, 5.41) is 1.99. The van der Waals surface area contributed by atoms with E-state index in [0.29, 0.717) is 13.0 Å². The van der Waals surface area contributed by atoms with Gasteiger partial charge >= 0.3 is 0 Å². The Balaban J connectivity index is 1.55. The minimum absolute atomic E-state index is 0.0318. The molecule has 1 spiro atoms. The van der Waals surface area contributed by atoms with Crippen molar-refractivity contribution in [3.05, 3.63) is 22.4 Å². The molecule has 1 atom stereocenters. The summed E-state index contributed by atoms with van der Waals surface area (Å²) in [6.07, 6.45) is 5.33. The highest BCUT2D eigenvalue weighted by molar-refractivity contribution is 7.10. The van der Waals surface area contributed by atoms with Gasteiger partial charge in [0.05, 0.1) is 13.0 Å². The molecular weight excluding hydrogens is 362 g/mol. The minimum atomic E-state index is -0.570. The number of carbonyl (C=O) groups excluding carboxylic acids is 2. The third kappa shape index (κ3) is 3.77. The quantitative estimate of drug-likeness (QED) is 0.790. The van der Waals surface area contributed by atoms with E-state index in [1.165, 1.54) is 6.42 Å². The van der Waals surface area contributed by atoms with Gasteiger partial charge in [-0.3, -0.25) is 14.5 Å². The lowest BCUT2D eigenvalue weighted by Crippen LogP contribution is -2.59. The van der Waals surface area contributed by atoms with Gasteiger partial charge in [0.25, 0.3) is 0 Å². The summed E-state index contributed by atoms with van der Waals surface area (Å²) in [6.45, 7) is 3.56. The SMILES string of the molecule is CN1CCN(C(=O)[C@@H]2COC3(CCCCC3)N2C(=O)Cc2cccs2)CC1. The predicted molar refractivity (Wildman–Crippen MR) is 105 cm³/mol. The second kappa shape index (κ2) is 7.89. The van der Waals surface area contributed by atoms with E-state index in [4.69, 9.17) is 4.74 Å². The van der Waals surface area contributed by atoms with Crippen molar-refractivity contribution in [2.75, 3.05) is 39.8 Å². The average Bonchev–Trinajstić information content (AvgIpc) is 3.30. The first-order valence-corrected chi connectivity index (χ1v) is 10.9. The van der Waals surface area contributed by atoms with Gasteiger partial charge in [-0.2, -0.15) is 0 Å². The second-order valence-electron chi connectivity index (χ2n) is 7.98. The maximum atomic E-state index is 13.3. The summed E-state index contributed by atoms with van der Waals surface area (Å²) in [4.78, 5) is 33.6. The van der Waals surface area contributed by atoms with Gasteiger partial charge in [-0.25, -0.2) is 0 Å².